The monoisotopic (exact) mass is 266 g/mol. The van der Waals surface area contributed by atoms with E-state index in [1.807, 2.05) is 0 Å². The highest BCUT2D eigenvalue weighted by Crippen LogP contribution is 2.16. The molecule has 0 bridgehead atoms. The first-order valence-electron chi connectivity index (χ1n) is 5.07. The fourth-order valence-corrected chi connectivity index (χ4v) is 1.08. The molecule has 0 atom stereocenters. The zero-order valence-electron chi connectivity index (χ0n) is 10.1. The maximum Gasteiger partial charge on any atom is 0.414 e. The van der Waals surface area contributed by atoms with E-state index in [-0.39, 0.29) is 5.11 Å². The molecule has 0 aliphatic heterocycles. The highest BCUT2D eigenvalue weighted by Gasteiger charge is 2.09. The largest absolute Gasteiger partial charge is 0.414 e. The summed E-state index contributed by atoms with van der Waals surface area (Å²) in [6.07, 6.45) is 1.01. The van der Waals surface area contributed by atoms with E-state index in [4.69, 9.17) is 10.5 Å². The van der Waals surface area contributed by atoms with Gasteiger partial charge in [-0.2, -0.15) is 5.10 Å². The lowest BCUT2D eigenvalue weighted by Crippen LogP contribution is -2.26. The molecule has 1 rings (SSSR count). The second-order valence-corrected chi connectivity index (χ2v) is 3.97. The molecule has 1 aromatic carbocycles. The molecule has 0 aliphatic carbocycles. The van der Waals surface area contributed by atoms with E-state index in [1.165, 1.54) is 11.1 Å². The van der Waals surface area contributed by atoms with Gasteiger partial charge in [-0.25, -0.2) is 4.79 Å². The second kappa shape index (κ2) is 6.55. The fourth-order valence-electron chi connectivity index (χ4n) is 1.03. The van der Waals surface area contributed by atoms with Gasteiger partial charge in [-0.1, -0.05) is 12.1 Å². The molecule has 96 valence electrons. The third-order valence-corrected chi connectivity index (χ3v) is 1.95. The van der Waals surface area contributed by atoms with Gasteiger partial charge in [-0.15, -0.1) is 0 Å². The number of benzene rings is 1. The number of carbonyl (C=O) groups is 1. The summed E-state index contributed by atoms with van der Waals surface area (Å²) < 4.78 is 5.17. The summed E-state index contributed by atoms with van der Waals surface area (Å²) in [5, 5.41) is 3.87. The number of hydrogen-bond acceptors (Lipinski definition) is 4. The van der Waals surface area contributed by atoms with Gasteiger partial charge in [0, 0.05) is 19.7 Å². The van der Waals surface area contributed by atoms with E-state index in [0.29, 0.717) is 11.3 Å². The predicted molar refractivity (Wildman–Crippen MR) is 73.7 cm³/mol. The minimum absolute atomic E-state index is 0.0639. The van der Waals surface area contributed by atoms with Gasteiger partial charge < -0.3 is 15.4 Å². The molecule has 0 aromatic heterocycles. The first-order valence-corrected chi connectivity index (χ1v) is 5.48. The van der Waals surface area contributed by atoms with E-state index < -0.39 is 6.09 Å². The SMILES string of the molecule is CN(C)C(=O)Oc1ccccc1C=NNC(N)=S. The Balaban J connectivity index is 2.82. The van der Waals surface area contributed by atoms with Gasteiger partial charge in [-0.05, 0) is 24.4 Å². The van der Waals surface area contributed by atoms with Gasteiger partial charge in [0.25, 0.3) is 0 Å². The number of ether oxygens (including phenoxy) is 1. The summed E-state index contributed by atoms with van der Waals surface area (Å²) >= 11 is 4.61. The van der Waals surface area contributed by atoms with Gasteiger partial charge in [0.1, 0.15) is 5.75 Å². The summed E-state index contributed by atoms with van der Waals surface area (Å²) in [7, 11) is 3.21. The van der Waals surface area contributed by atoms with Crippen LogP contribution in [0.5, 0.6) is 5.75 Å². The average molecular weight is 266 g/mol. The smallest absolute Gasteiger partial charge is 0.410 e. The Morgan fingerprint density at radius 3 is 2.78 bits per heavy atom. The molecule has 0 aliphatic rings. The van der Waals surface area contributed by atoms with Crippen LogP contribution in [0.25, 0.3) is 0 Å². The summed E-state index contributed by atoms with van der Waals surface area (Å²) in [5.41, 5.74) is 8.29. The first-order chi connectivity index (χ1) is 8.50. The van der Waals surface area contributed by atoms with Crippen molar-refractivity contribution in [3.63, 3.8) is 0 Å². The van der Waals surface area contributed by atoms with Gasteiger partial charge in [-0.3, -0.25) is 5.43 Å². The molecule has 0 radical (unpaired) electrons. The Bertz CT molecular complexity index is 474. The Kier molecular flexibility index (Phi) is 5.06. The molecule has 0 saturated heterocycles. The van der Waals surface area contributed by atoms with Crippen molar-refractivity contribution in [2.24, 2.45) is 10.8 Å². The number of amides is 1. The highest BCUT2D eigenvalue weighted by atomic mass is 32.1. The predicted octanol–water partition coefficient (Wildman–Crippen LogP) is 0.914. The van der Waals surface area contributed by atoms with Crippen LogP contribution in [-0.4, -0.2) is 36.4 Å². The number of nitrogens with zero attached hydrogens (tertiary/aromatic N) is 2. The second-order valence-electron chi connectivity index (χ2n) is 3.53. The Labute approximate surface area is 110 Å². The molecule has 0 heterocycles. The molecule has 1 amide bonds. The van der Waals surface area contributed by atoms with E-state index in [9.17, 15) is 4.79 Å². The van der Waals surface area contributed by atoms with Gasteiger partial charge in [0.15, 0.2) is 5.11 Å². The molecule has 0 unspecified atom stereocenters. The standard InChI is InChI=1S/C11H14N4O2S/c1-15(2)11(16)17-9-6-4-3-5-8(9)7-13-14-10(12)18/h3-7H,1-2H3,(H3,12,14,18). The molecule has 0 fully saturated rings. The van der Waals surface area contributed by atoms with Gasteiger partial charge in [0.05, 0.1) is 6.21 Å². The Hall–Kier alpha value is -2.15. The van der Waals surface area contributed by atoms with Crippen LogP contribution in [0.4, 0.5) is 4.79 Å². The molecule has 7 heteroatoms. The maximum absolute atomic E-state index is 11.4. The van der Waals surface area contributed by atoms with Crippen LogP contribution in [0.1, 0.15) is 5.56 Å². The molecule has 3 N–H and O–H groups in total. The van der Waals surface area contributed by atoms with Crippen LogP contribution in [-0.2, 0) is 0 Å². The normalized spacial score (nSPS) is 10.1. The van der Waals surface area contributed by atoms with E-state index in [2.05, 4.69) is 22.7 Å². The van der Waals surface area contributed by atoms with Crippen LogP contribution >= 0.6 is 12.2 Å². The van der Waals surface area contributed by atoms with E-state index in [0.717, 1.165) is 0 Å². The number of nitrogens with one attached hydrogen (secondary N) is 1. The third kappa shape index (κ3) is 4.38. The number of hydrogen-bond donors (Lipinski definition) is 2. The lowest BCUT2D eigenvalue weighted by atomic mass is 10.2. The molecular weight excluding hydrogens is 252 g/mol. The topological polar surface area (TPSA) is 80.0 Å². The van der Waals surface area contributed by atoms with Crippen molar-refractivity contribution in [3.8, 4) is 5.75 Å². The van der Waals surface area contributed by atoms with Gasteiger partial charge >= 0.3 is 6.09 Å². The summed E-state index contributed by atoms with van der Waals surface area (Å²) in [6, 6.07) is 6.98. The molecule has 0 spiro atoms. The zero-order chi connectivity index (χ0) is 13.5. The zero-order valence-corrected chi connectivity index (χ0v) is 10.9. The third-order valence-electron chi connectivity index (χ3n) is 1.86. The lowest BCUT2D eigenvalue weighted by molar-refractivity contribution is 0.172. The number of para-hydroxylation sites is 1. The summed E-state index contributed by atoms with van der Waals surface area (Å²) in [4.78, 5) is 12.8. The van der Waals surface area contributed by atoms with Crippen molar-refractivity contribution >= 4 is 29.6 Å². The number of nitrogens with two attached hydrogens (primary N) is 1. The van der Waals surface area contributed by atoms with Crippen molar-refractivity contribution in [2.45, 2.75) is 0 Å². The van der Waals surface area contributed by atoms with Crippen LogP contribution in [0, 0.1) is 0 Å². The highest BCUT2D eigenvalue weighted by molar-refractivity contribution is 7.80. The number of thiocarbonyl (C=S) groups is 1. The van der Waals surface area contributed by atoms with E-state index >= 15 is 0 Å². The van der Waals surface area contributed by atoms with Crippen LogP contribution in [0.2, 0.25) is 0 Å². The summed E-state index contributed by atoms with van der Waals surface area (Å²) in [5.74, 6) is 0.407. The molecule has 18 heavy (non-hydrogen) atoms. The fraction of sp³-hybridized carbons (Fsp3) is 0.182. The molecule has 0 saturated carbocycles. The van der Waals surface area contributed by atoms with Crippen LogP contribution in [0.3, 0.4) is 0 Å². The number of carbonyl (C=O) groups excluding carboxylic acids is 1. The molecule has 1 aromatic rings. The minimum Gasteiger partial charge on any atom is -0.410 e. The van der Waals surface area contributed by atoms with Crippen molar-refractivity contribution < 1.29 is 9.53 Å². The Morgan fingerprint density at radius 1 is 1.50 bits per heavy atom. The van der Waals surface area contributed by atoms with Crippen LogP contribution in [0.15, 0.2) is 29.4 Å². The first kappa shape index (κ1) is 13.9. The number of hydrazone groups is 1. The molecular formula is C11H14N4O2S. The summed E-state index contributed by atoms with van der Waals surface area (Å²) in [6.45, 7) is 0. The molecule has 6 nitrogen and oxygen atoms in total. The van der Waals surface area contributed by atoms with Crippen molar-refractivity contribution in [3.05, 3.63) is 29.8 Å². The van der Waals surface area contributed by atoms with E-state index in [1.54, 1.807) is 38.4 Å². The van der Waals surface area contributed by atoms with Crippen molar-refractivity contribution in [1.29, 1.82) is 0 Å². The number of rotatable bonds is 3. The quantitative estimate of drug-likeness (QED) is 0.483. The van der Waals surface area contributed by atoms with Crippen molar-refractivity contribution in [1.82, 2.24) is 10.3 Å². The van der Waals surface area contributed by atoms with Gasteiger partial charge in [0.2, 0.25) is 0 Å². The van der Waals surface area contributed by atoms with Crippen molar-refractivity contribution in [2.75, 3.05) is 14.1 Å². The van der Waals surface area contributed by atoms with Crippen LogP contribution < -0.4 is 15.9 Å². The maximum atomic E-state index is 11.4. The minimum atomic E-state index is -0.460. The average Bonchev–Trinajstić information content (AvgIpc) is 2.30. The Morgan fingerprint density at radius 2 is 2.17 bits per heavy atom. The lowest BCUT2D eigenvalue weighted by Gasteiger charge is -2.11.